The van der Waals surface area contributed by atoms with Gasteiger partial charge < -0.3 is 20.9 Å². The summed E-state index contributed by atoms with van der Waals surface area (Å²) in [5.74, 6) is -0.231. The Morgan fingerprint density at radius 3 is 2.61 bits per heavy atom. The Bertz CT molecular complexity index is 794. The molecule has 1 fully saturated rings. The van der Waals surface area contributed by atoms with Gasteiger partial charge in [-0.25, -0.2) is 4.79 Å². The summed E-state index contributed by atoms with van der Waals surface area (Å²) < 4.78 is 0. The molecule has 1 aliphatic heterocycles. The van der Waals surface area contributed by atoms with Crippen LogP contribution in [-0.4, -0.2) is 36.5 Å². The van der Waals surface area contributed by atoms with Crippen LogP contribution in [-0.2, 0) is 11.3 Å². The van der Waals surface area contributed by atoms with E-state index in [0.717, 1.165) is 42.9 Å². The number of para-hydroxylation sites is 1. The summed E-state index contributed by atoms with van der Waals surface area (Å²) in [6.45, 7) is 4.84. The Labute approximate surface area is 166 Å². The van der Waals surface area contributed by atoms with Crippen LogP contribution in [0.15, 0.2) is 54.6 Å². The van der Waals surface area contributed by atoms with Crippen molar-refractivity contribution < 1.29 is 9.59 Å². The smallest absolute Gasteiger partial charge is 0.321 e. The number of urea groups is 1. The first-order chi connectivity index (χ1) is 13.7. The second kappa shape index (κ2) is 9.90. The molecule has 0 spiro atoms. The van der Waals surface area contributed by atoms with Gasteiger partial charge in [0.25, 0.3) is 0 Å². The van der Waals surface area contributed by atoms with Gasteiger partial charge in [0.05, 0.1) is 5.92 Å². The second-order valence-corrected chi connectivity index (χ2v) is 7.05. The quantitative estimate of drug-likeness (QED) is 0.716. The maximum atomic E-state index is 12.7. The fourth-order valence-electron chi connectivity index (χ4n) is 3.37. The maximum absolute atomic E-state index is 12.7. The average Bonchev–Trinajstić information content (AvgIpc) is 2.73. The van der Waals surface area contributed by atoms with Gasteiger partial charge in [0.1, 0.15) is 0 Å². The van der Waals surface area contributed by atoms with Crippen LogP contribution in [0.2, 0.25) is 0 Å². The predicted molar refractivity (Wildman–Crippen MR) is 112 cm³/mol. The van der Waals surface area contributed by atoms with E-state index in [1.165, 1.54) is 0 Å². The van der Waals surface area contributed by atoms with E-state index >= 15 is 0 Å². The van der Waals surface area contributed by atoms with E-state index in [0.29, 0.717) is 13.1 Å². The van der Waals surface area contributed by atoms with Crippen molar-refractivity contribution in [3.05, 3.63) is 60.2 Å². The molecule has 1 aliphatic rings. The number of hydrogen-bond donors (Lipinski definition) is 3. The van der Waals surface area contributed by atoms with Crippen molar-refractivity contribution in [3.8, 4) is 0 Å². The van der Waals surface area contributed by atoms with Crippen LogP contribution in [0.4, 0.5) is 16.2 Å². The molecule has 0 radical (unpaired) electrons. The van der Waals surface area contributed by atoms with Crippen LogP contribution in [0.3, 0.4) is 0 Å². The van der Waals surface area contributed by atoms with Crippen LogP contribution in [0.1, 0.15) is 25.3 Å². The summed E-state index contributed by atoms with van der Waals surface area (Å²) in [5, 5.41) is 9.19. The van der Waals surface area contributed by atoms with Gasteiger partial charge in [-0.2, -0.15) is 0 Å². The van der Waals surface area contributed by atoms with Gasteiger partial charge in [-0.05, 0) is 49.2 Å². The lowest BCUT2D eigenvalue weighted by Gasteiger charge is -2.32. The van der Waals surface area contributed by atoms with Gasteiger partial charge in [0.15, 0.2) is 0 Å². The second-order valence-electron chi connectivity index (χ2n) is 7.05. The summed E-state index contributed by atoms with van der Waals surface area (Å²) in [4.78, 5) is 27.0. The van der Waals surface area contributed by atoms with Crippen molar-refractivity contribution in [1.82, 2.24) is 10.2 Å². The standard InChI is InChI=1S/C22H28N4O2/c1-2-23-15-17-8-6-12-20(14-17)24-21(27)18-9-7-13-26(16-18)22(28)25-19-10-4-3-5-11-19/h3-6,8,10-12,14,18,23H,2,7,9,13,15-16H2,1H3,(H,24,27)(H,25,28). The van der Waals surface area contributed by atoms with Gasteiger partial charge in [-0.15, -0.1) is 0 Å². The molecule has 0 bridgehead atoms. The zero-order valence-electron chi connectivity index (χ0n) is 16.3. The number of nitrogens with one attached hydrogen (secondary N) is 3. The first-order valence-electron chi connectivity index (χ1n) is 9.87. The molecule has 6 heteroatoms. The number of nitrogens with zero attached hydrogens (tertiary/aromatic N) is 1. The molecular formula is C22H28N4O2. The van der Waals surface area contributed by atoms with Crippen molar-refractivity contribution >= 4 is 23.3 Å². The number of hydrogen-bond acceptors (Lipinski definition) is 3. The molecule has 0 aliphatic carbocycles. The molecule has 0 aromatic heterocycles. The lowest BCUT2D eigenvalue weighted by Crippen LogP contribution is -2.45. The van der Waals surface area contributed by atoms with Crippen molar-refractivity contribution in [2.24, 2.45) is 5.92 Å². The molecule has 3 rings (SSSR count). The van der Waals surface area contributed by atoms with E-state index in [-0.39, 0.29) is 17.9 Å². The third kappa shape index (κ3) is 5.57. The summed E-state index contributed by atoms with van der Waals surface area (Å²) in [5.41, 5.74) is 2.69. The largest absolute Gasteiger partial charge is 0.326 e. The highest BCUT2D eigenvalue weighted by molar-refractivity contribution is 5.94. The summed E-state index contributed by atoms with van der Waals surface area (Å²) in [6.07, 6.45) is 1.61. The molecule has 2 aromatic rings. The summed E-state index contributed by atoms with van der Waals surface area (Å²) >= 11 is 0. The highest BCUT2D eigenvalue weighted by atomic mass is 16.2. The number of anilines is 2. The number of amides is 3. The zero-order chi connectivity index (χ0) is 19.8. The molecule has 148 valence electrons. The minimum Gasteiger partial charge on any atom is -0.326 e. The SMILES string of the molecule is CCNCc1cccc(NC(=O)C2CCCN(C(=O)Nc3ccccc3)C2)c1. The lowest BCUT2D eigenvalue weighted by molar-refractivity contribution is -0.121. The van der Waals surface area contributed by atoms with Crippen molar-refractivity contribution in [2.75, 3.05) is 30.3 Å². The van der Waals surface area contributed by atoms with Crippen LogP contribution in [0.5, 0.6) is 0 Å². The summed E-state index contributed by atoms with van der Waals surface area (Å²) in [6, 6.07) is 17.1. The fourth-order valence-corrected chi connectivity index (χ4v) is 3.37. The van der Waals surface area contributed by atoms with E-state index in [1.54, 1.807) is 4.90 Å². The molecule has 1 atom stereocenters. The minimum absolute atomic E-state index is 0.0298. The van der Waals surface area contributed by atoms with Crippen LogP contribution in [0.25, 0.3) is 0 Å². The van der Waals surface area contributed by atoms with Gasteiger partial charge in [-0.3, -0.25) is 4.79 Å². The van der Waals surface area contributed by atoms with Crippen molar-refractivity contribution in [1.29, 1.82) is 0 Å². The highest BCUT2D eigenvalue weighted by Gasteiger charge is 2.28. The Balaban J connectivity index is 1.56. The third-order valence-electron chi connectivity index (χ3n) is 4.88. The maximum Gasteiger partial charge on any atom is 0.321 e. The van der Waals surface area contributed by atoms with E-state index in [9.17, 15) is 9.59 Å². The van der Waals surface area contributed by atoms with Crippen molar-refractivity contribution in [3.63, 3.8) is 0 Å². The van der Waals surface area contributed by atoms with E-state index in [4.69, 9.17) is 0 Å². The number of likely N-dealkylation sites (tertiary alicyclic amines) is 1. The molecule has 2 aromatic carbocycles. The van der Waals surface area contributed by atoms with Crippen molar-refractivity contribution in [2.45, 2.75) is 26.3 Å². The van der Waals surface area contributed by atoms with E-state index in [1.807, 2.05) is 54.6 Å². The number of benzene rings is 2. The molecule has 3 amide bonds. The van der Waals surface area contributed by atoms with Gasteiger partial charge in [-0.1, -0.05) is 37.3 Å². The topological polar surface area (TPSA) is 73.5 Å². The fraction of sp³-hybridized carbons (Fsp3) is 0.364. The Morgan fingerprint density at radius 1 is 1.04 bits per heavy atom. The predicted octanol–water partition coefficient (Wildman–Crippen LogP) is 3.68. The first-order valence-corrected chi connectivity index (χ1v) is 9.87. The number of carbonyl (C=O) groups excluding carboxylic acids is 2. The monoisotopic (exact) mass is 380 g/mol. The molecule has 28 heavy (non-hydrogen) atoms. The van der Waals surface area contributed by atoms with Gasteiger partial charge in [0.2, 0.25) is 5.91 Å². The van der Waals surface area contributed by atoms with Crippen LogP contribution < -0.4 is 16.0 Å². The highest BCUT2D eigenvalue weighted by Crippen LogP contribution is 2.20. The number of carbonyl (C=O) groups is 2. The molecule has 1 saturated heterocycles. The first kappa shape index (κ1) is 19.9. The van der Waals surface area contributed by atoms with Gasteiger partial charge >= 0.3 is 6.03 Å². The third-order valence-corrected chi connectivity index (χ3v) is 4.88. The molecule has 3 N–H and O–H groups in total. The Kier molecular flexibility index (Phi) is 7.03. The minimum atomic E-state index is -0.201. The zero-order valence-corrected chi connectivity index (χ0v) is 16.3. The van der Waals surface area contributed by atoms with Crippen LogP contribution >= 0.6 is 0 Å². The summed E-state index contributed by atoms with van der Waals surface area (Å²) in [7, 11) is 0. The normalized spacial score (nSPS) is 16.5. The number of piperidine rings is 1. The Morgan fingerprint density at radius 2 is 1.82 bits per heavy atom. The van der Waals surface area contributed by atoms with E-state index in [2.05, 4.69) is 22.9 Å². The van der Waals surface area contributed by atoms with Gasteiger partial charge in [0, 0.05) is 31.0 Å². The molecular weight excluding hydrogens is 352 g/mol. The molecule has 6 nitrogen and oxygen atoms in total. The molecule has 1 unspecified atom stereocenters. The Hall–Kier alpha value is -2.86. The van der Waals surface area contributed by atoms with E-state index < -0.39 is 0 Å². The van der Waals surface area contributed by atoms with Crippen LogP contribution in [0, 0.1) is 5.92 Å². The lowest BCUT2D eigenvalue weighted by atomic mass is 9.97. The molecule has 0 saturated carbocycles. The number of rotatable bonds is 6. The molecule has 1 heterocycles. The average molecular weight is 380 g/mol.